The van der Waals surface area contributed by atoms with Gasteiger partial charge in [0, 0.05) is 17.5 Å². The van der Waals surface area contributed by atoms with Crippen molar-refractivity contribution in [3.05, 3.63) is 54.0 Å². The number of thioether (sulfide) groups is 1. The molecule has 2 aromatic rings. The van der Waals surface area contributed by atoms with Crippen LogP contribution in [0.1, 0.15) is 31.0 Å². The van der Waals surface area contributed by atoms with Gasteiger partial charge in [-0.1, -0.05) is 38.1 Å². The highest BCUT2D eigenvalue weighted by atomic mass is 32.2. The largest absolute Gasteiger partial charge is 0.323 e. The van der Waals surface area contributed by atoms with Crippen molar-refractivity contribution in [2.45, 2.75) is 36.6 Å². The molecule has 0 saturated heterocycles. The molecule has 4 heteroatoms. The molecule has 0 aliphatic rings. The molecule has 19 heavy (non-hydrogen) atoms. The van der Waals surface area contributed by atoms with Crippen molar-refractivity contribution in [3.63, 3.8) is 0 Å². The lowest BCUT2D eigenvalue weighted by molar-refractivity contribution is 0.713. The minimum atomic E-state index is 0.00544. The predicted molar refractivity (Wildman–Crippen MR) is 80.1 cm³/mol. The first-order chi connectivity index (χ1) is 9.20. The van der Waals surface area contributed by atoms with Crippen LogP contribution in [0.3, 0.4) is 0 Å². The molecule has 2 rings (SSSR count). The maximum absolute atomic E-state index is 6.31. The average molecular weight is 273 g/mol. The fourth-order valence-corrected chi connectivity index (χ4v) is 2.79. The molecule has 1 aromatic heterocycles. The molecule has 1 heterocycles. The van der Waals surface area contributed by atoms with Gasteiger partial charge in [0.1, 0.15) is 6.33 Å². The van der Waals surface area contributed by atoms with Gasteiger partial charge in [0.2, 0.25) is 0 Å². The monoisotopic (exact) mass is 273 g/mol. The van der Waals surface area contributed by atoms with Crippen LogP contribution in [-0.4, -0.2) is 15.2 Å². The van der Waals surface area contributed by atoms with Crippen LogP contribution in [0.15, 0.2) is 47.9 Å². The van der Waals surface area contributed by atoms with E-state index in [1.807, 2.05) is 6.07 Å². The molecule has 3 nitrogen and oxygen atoms in total. The lowest BCUT2D eigenvalue weighted by atomic mass is 10.0. The molecule has 2 unspecified atom stereocenters. The van der Waals surface area contributed by atoms with Gasteiger partial charge in [-0.05, 0) is 23.6 Å². The first-order valence-electron chi connectivity index (χ1n) is 6.47. The van der Waals surface area contributed by atoms with Crippen molar-refractivity contribution in [1.29, 1.82) is 0 Å². The van der Waals surface area contributed by atoms with Gasteiger partial charge in [0.05, 0.1) is 5.03 Å². The molecule has 0 radical (unpaired) electrons. The lowest BCUT2D eigenvalue weighted by Crippen LogP contribution is -2.21. The van der Waals surface area contributed by atoms with E-state index in [9.17, 15) is 0 Å². The molecule has 0 aliphatic carbocycles. The van der Waals surface area contributed by atoms with Gasteiger partial charge < -0.3 is 5.73 Å². The van der Waals surface area contributed by atoms with Crippen molar-refractivity contribution in [1.82, 2.24) is 9.97 Å². The van der Waals surface area contributed by atoms with Crippen molar-refractivity contribution < 1.29 is 0 Å². The number of aromatic nitrogens is 2. The van der Waals surface area contributed by atoms with E-state index in [0.29, 0.717) is 0 Å². The number of aryl methyl sites for hydroxylation is 1. The Morgan fingerprint density at radius 1 is 1.21 bits per heavy atom. The molecule has 0 amide bonds. The number of hydrogen-bond donors (Lipinski definition) is 1. The smallest absolute Gasteiger partial charge is 0.116 e. The Kier molecular flexibility index (Phi) is 4.93. The van der Waals surface area contributed by atoms with Gasteiger partial charge >= 0.3 is 0 Å². The van der Waals surface area contributed by atoms with Crippen LogP contribution < -0.4 is 5.73 Å². The Morgan fingerprint density at radius 3 is 2.53 bits per heavy atom. The van der Waals surface area contributed by atoms with Crippen molar-refractivity contribution in [3.8, 4) is 0 Å². The van der Waals surface area contributed by atoms with E-state index in [1.54, 1.807) is 24.3 Å². The number of hydrogen-bond acceptors (Lipinski definition) is 4. The van der Waals surface area contributed by atoms with Gasteiger partial charge in [-0.25, -0.2) is 9.97 Å². The summed E-state index contributed by atoms with van der Waals surface area (Å²) in [6, 6.07) is 10.5. The molecule has 0 bridgehead atoms. The highest BCUT2D eigenvalue weighted by Crippen LogP contribution is 2.29. The maximum atomic E-state index is 6.31. The van der Waals surface area contributed by atoms with E-state index >= 15 is 0 Å². The molecule has 0 fully saturated rings. The zero-order chi connectivity index (χ0) is 13.7. The quantitative estimate of drug-likeness (QED) is 0.671. The normalized spacial score (nSPS) is 14.1. The van der Waals surface area contributed by atoms with Crippen LogP contribution in [-0.2, 0) is 6.42 Å². The van der Waals surface area contributed by atoms with E-state index in [0.717, 1.165) is 11.4 Å². The summed E-state index contributed by atoms with van der Waals surface area (Å²) >= 11 is 1.68. The Labute approximate surface area is 118 Å². The standard InChI is InChI=1S/C15H19N3S/c1-3-12-4-6-13(7-5-12)15(16)11(2)19-14-8-9-17-10-18-14/h4-11,15H,3,16H2,1-2H3. The Morgan fingerprint density at radius 2 is 1.95 bits per heavy atom. The van der Waals surface area contributed by atoms with Crippen molar-refractivity contribution in [2.24, 2.45) is 5.73 Å². The molecule has 0 spiro atoms. The zero-order valence-electron chi connectivity index (χ0n) is 11.3. The summed E-state index contributed by atoms with van der Waals surface area (Å²) in [7, 11) is 0. The molecular weight excluding hydrogens is 254 g/mol. The molecule has 100 valence electrons. The number of rotatable bonds is 5. The first kappa shape index (κ1) is 14.0. The third-order valence-corrected chi connectivity index (χ3v) is 4.29. The van der Waals surface area contributed by atoms with Crippen LogP contribution in [0, 0.1) is 0 Å². The van der Waals surface area contributed by atoms with Gasteiger partial charge in [-0.15, -0.1) is 11.8 Å². The second-order valence-corrected chi connectivity index (χ2v) is 5.89. The molecule has 2 N–H and O–H groups in total. The number of benzene rings is 1. The van der Waals surface area contributed by atoms with Crippen LogP contribution >= 0.6 is 11.8 Å². The Hall–Kier alpha value is -1.39. The van der Waals surface area contributed by atoms with Gasteiger partial charge in [0.15, 0.2) is 0 Å². The first-order valence-corrected chi connectivity index (χ1v) is 7.35. The maximum Gasteiger partial charge on any atom is 0.116 e. The Balaban J connectivity index is 2.03. The molecular formula is C15H19N3S. The summed E-state index contributed by atoms with van der Waals surface area (Å²) in [5, 5.41) is 1.23. The summed E-state index contributed by atoms with van der Waals surface area (Å²) in [6.07, 6.45) is 4.38. The van der Waals surface area contributed by atoms with Gasteiger partial charge in [-0.3, -0.25) is 0 Å². The van der Waals surface area contributed by atoms with E-state index < -0.39 is 0 Å². The van der Waals surface area contributed by atoms with Crippen molar-refractivity contribution in [2.75, 3.05) is 0 Å². The minimum Gasteiger partial charge on any atom is -0.323 e. The van der Waals surface area contributed by atoms with E-state index in [2.05, 4.69) is 48.1 Å². The molecule has 2 atom stereocenters. The minimum absolute atomic E-state index is 0.00544. The van der Waals surface area contributed by atoms with Gasteiger partial charge in [0.25, 0.3) is 0 Å². The van der Waals surface area contributed by atoms with E-state index in [-0.39, 0.29) is 11.3 Å². The van der Waals surface area contributed by atoms with E-state index in [4.69, 9.17) is 5.73 Å². The van der Waals surface area contributed by atoms with Crippen LogP contribution in [0.25, 0.3) is 0 Å². The van der Waals surface area contributed by atoms with Crippen molar-refractivity contribution >= 4 is 11.8 Å². The SMILES string of the molecule is CCc1ccc(C(N)C(C)Sc2ccncn2)cc1. The van der Waals surface area contributed by atoms with E-state index in [1.165, 1.54) is 11.1 Å². The summed E-state index contributed by atoms with van der Waals surface area (Å²) in [4.78, 5) is 8.14. The van der Waals surface area contributed by atoms with Crippen LogP contribution in [0.4, 0.5) is 0 Å². The number of nitrogens with zero attached hydrogens (tertiary/aromatic N) is 2. The topological polar surface area (TPSA) is 51.8 Å². The third-order valence-electron chi connectivity index (χ3n) is 3.14. The number of nitrogens with two attached hydrogens (primary N) is 1. The average Bonchev–Trinajstić information content (AvgIpc) is 2.47. The second kappa shape index (κ2) is 6.68. The summed E-state index contributed by atoms with van der Waals surface area (Å²) in [6.45, 7) is 4.29. The summed E-state index contributed by atoms with van der Waals surface area (Å²) in [5.74, 6) is 0. The second-order valence-electron chi connectivity index (χ2n) is 4.49. The molecule has 0 aliphatic heterocycles. The zero-order valence-corrected chi connectivity index (χ0v) is 12.1. The summed E-state index contributed by atoms with van der Waals surface area (Å²) < 4.78 is 0. The molecule has 0 saturated carbocycles. The lowest BCUT2D eigenvalue weighted by Gasteiger charge is -2.19. The summed E-state index contributed by atoms with van der Waals surface area (Å²) in [5.41, 5.74) is 8.83. The fraction of sp³-hybridized carbons (Fsp3) is 0.333. The predicted octanol–water partition coefficient (Wildman–Crippen LogP) is 3.22. The Bertz CT molecular complexity index is 499. The highest BCUT2D eigenvalue weighted by molar-refractivity contribution is 7.99. The third kappa shape index (κ3) is 3.78. The van der Waals surface area contributed by atoms with Gasteiger partial charge in [-0.2, -0.15) is 0 Å². The fourth-order valence-electron chi connectivity index (χ4n) is 1.86. The highest BCUT2D eigenvalue weighted by Gasteiger charge is 2.16. The van der Waals surface area contributed by atoms with Crippen LogP contribution in [0.5, 0.6) is 0 Å². The van der Waals surface area contributed by atoms with Crippen LogP contribution in [0.2, 0.25) is 0 Å². The molecule has 1 aromatic carbocycles.